The first-order valence-corrected chi connectivity index (χ1v) is 8.44. The topological polar surface area (TPSA) is 97.3 Å². The van der Waals surface area contributed by atoms with Crippen LogP contribution < -0.4 is 10.2 Å². The third kappa shape index (κ3) is 3.15. The summed E-state index contributed by atoms with van der Waals surface area (Å²) < 4.78 is 28.1. The second-order valence-electron chi connectivity index (χ2n) is 4.98. The van der Waals surface area contributed by atoms with E-state index in [0.29, 0.717) is 25.6 Å². The Morgan fingerprint density at radius 3 is 2.85 bits per heavy atom. The molecule has 3 heterocycles. The van der Waals surface area contributed by atoms with Crippen molar-refractivity contribution in [2.24, 2.45) is 0 Å². The summed E-state index contributed by atoms with van der Waals surface area (Å²) in [7, 11) is -2.91. The zero-order valence-electron chi connectivity index (χ0n) is 11.0. The number of morpholine rings is 1. The van der Waals surface area contributed by atoms with Crippen LogP contribution in [0.25, 0.3) is 0 Å². The van der Waals surface area contributed by atoms with Crippen molar-refractivity contribution in [3.05, 3.63) is 6.20 Å². The predicted molar refractivity (Wildman–Crippen MR) is 73.5 cm³/mol. The fourth-order valence-electron chi connectivity index (χ4n) is 2.39. The maximum atomic E-state index is 11.4. The van der Waals surface area contributed by atoms with Crippen molar-refractivity contribution in [1.82, 2.24) is 15.2 Å². The third-order valence-corrected chi connectivity index (χ3v) is 5.21. The van der Waals surface area contributed by atoms with Crippen LogP contribution in [0.4, 0.5) is 11.8 Å². The van der Waals surface area contributed by atoms with Crippen molar-refractivity contribution in [3.63, 3.8) is 0 Å². The first kappa shape index (κ1) is 13.5. The molecule has 1 atom stereocenters. The molecule has 0 aliphatic carbocycles. The molecular formula is C11H17N5O3S. The summed E-state index contributed by atoms with van der Waals surface area (Å²) in [6.45, 7) is 2.90. The van der Waals surface area contributed by atoms with Crippen molar-refractivity contribution in [1.29, 1.82) is 0 Å². The van der Waals surface area contributed by atoms with Crippen molar-refractivity contribution in [2.45, 2.75) is 12.5 Å². The van der Waals surface area contributed by atoms with Gasteiger partial charge in [0.05, 0.1) is 30.9 Å². The molecule has 2 fully saturated rings. The molecule has 0 radical (unpaired) electrons. The van der Waals surface area contributed by atoms with Crippen LogP contribution in [-0.2, 0) is 14.6 Å². The highest BCUT2D eigenvalue weighted by molar-refractivity contribution is 7.91. The quantitative estimate of drug-likeness (QED) is 0.783. The highest BCUT2D eigenvalue weighted by atomic mass is 32.2. The Kier molecular flexibility index (Phi) is 3.70. The lowest BCUT2D eigenvalue weighted by Crippen LogP contribution is -2.37. The van der Waals surface area contributed by atoms with Crippen LogP contribution in [-0.4, -0.2) is 67.4 Å². The first-order valence-electron chi connectivity index (χ1n) is 6.62. The molecule has 110 valence electrons. The molecule has 1 aromatic rings. The van der Waals surface area contributed by atoms with Crippen LogP contribution in [0.1, 0.15) is 6.42 Å². The van der Waals surface area contributed by atoms with Gasteiger partial charge in [0.2, 0.25) is 5.95 Å². The number of aromatic nitrogens is 3. The molecule has 0 bridgehead atoms. The molecule has 2 saturated heterocycles. The molecule has 2 aliphatic heterocycles. The molecule has 0 spiro atoms. The molecule has 3 rings (SSSR count). The van der Waals surface area contributed by atoms with Gasteiger partial charge in [0.1, 0.15) is 0 Å². The van der Waals surface area contributed by atoms with Crippen LogP contribution in [0.3, 0.4) is 0 Å². The SMILES string of the molecule is O=S1(=O)CCC(Nc2nncc(N3CCOCC3)n2)C1. The Morgan fingerprint density at radius 2 is 2.15 bits per heavy atom. The molecule has 2 aliphatic rings. The Hall–Kier alpha value is -1.48. The summed E-state index contributed by atoms with van der Waals surface area (Å²) in [5.41, 5.74) is 0. The van der Waals surface area contributed by atoms with Gasteiger partial charge in [-0.1, -0.05) is 0 Å². The first-order chi connectivity index (χ1) is 9.62. The van der Waals surface area contributed by atoms with Gasteiger partial charge in [0.15, 0.2) is 15.7 Å². The Morgan fingerprint density at radius 1 is 1.35 bits per heavy atom. The van der Waals surface area contributed by atoms with Gasteiger partial charge in [-0.25, -0.2) is 8.42 Å². The highest BCUT2D eigenvalue weighted by Crippen LogP contribution is 2.17. The number of sulfone groups is 1. The smallest absolute Gasteiger partial charge is 0.244 e. The van der Waals surface area contributed by atoms with Crippen LogP contribution >= 0.6 is 0 Å². The van der Waals surface area contributed by atoms with Crippen molar-refractivity contribution >= 4 is 21.6 Å². The Labute approximate surface area is 117 Å². The number of anilines is 2. The molecular weight excluding hydrogens is 282 g/mol. The third-order valence-electron chi connectivity index (χ3n) is 3.45. The van der Waals surface area contributed by atoms with E-state index in [4.69, 9.17) is 4.74 Å². The average molecular weight is 299 g/mol. The van der Waals surface area contributed by atoms with Crippen LogP contribution in [0.15, 0.2) is 6.20 Å². The second kappa shape index (κ2) is 5.49. The number of rotatable bonds is 3. The fourth-order valence-corrected chi connectivity index (χ4v) is 4.07. The standard InChI is InChI=1S/C11H17N5O3S/c17-20(18)6-1-9(8-20)13-11-14-10(7-12-15-11)16-2-4-19-5-3-16/h7,9H,1-6,8H2,(H,13,14,15). The van der Waals surface area contributed by atoms with Gasteiger partial charge in [0, 0.05) is 19.1 Å². The molecule has 1 N–H and O–H groups in total. The van der Waals surface area contributed by atoms with E-state index in [9.17, 15) is 8.42 Å². The summed E-state index contributed by atoms with van der Waals surface area (Å²) >= 11 is 0. The van der Waals surface area contributed by atoms with Gasteiger partial charge in [-0.3, -0.25) is 0 Å². The summed E-state index contributed by atoms with van der Waals surface area (Å²) in [6, 6.07) is -0.123. The molecule has 20 heavy (non-hydrogen) atoms. The van der Waals surface area contributed by atoms with E-state index in [2.05, 4.69) is 25.4 Å². The summed E-state index contributed by atoms with van der Waals surface area (Å²) in [4.78, 5) is 6.48. The molecule has 0 amide bonds. The van der Waals surface area contributed by atoms with Gasteiger partial charge in [-0.2, -0.15) is 10.1 Å². The van der Waals surface area contributed by atoms with Crippen molar-refractivity contribution in [2.75, 3.05) is 48.0 Å². The number of ether oxygens (including phenoxy) is 1. The van der Waals surface area contributed by atoms with Gasteiger partial charge in [-0.15, -0.1) is 5.10 Å². The van der Waals surface area contributed by atoms with Gasteiger partial charge < -0.3 is 15.0 Å². The van der Waals surface area contributed by atoms with E-state index in [0.717, 1.165) is 18.9 Å². The predicted octanol–water partition coefficient (Wildman–Crippen LogP) is -0.693. The van der Waals surface area contributed by atoms with Crippen molar-refractivity contribution in [3.8, 4) is 0 Å². The minimum Gasteiger partial charge on any atom is -0.378 e. The van der Waals surface area contributed by atoms with Gasteiger partial charge in [0.25, 0.3) is 0 Å². The van der Waals surface area contributed by atoms with E-state index in [1.165, 1.54) is 0 Å². The molecule has 0 aromatic carbocycles. The number of hydrogen-bond donors (Lipinski definition) is 1. The zero-order valence-corrected chi connectivity index (χ0v) is 11.8. The van der Waals surface area contributed by atoms with E-state index in [-0.39, 0.29) is 17.5 Å². The number of nitrogens with one attached hydrogen (secondary N) is 1. The summed E-state index contributed by atoms with van der Waals surface area (Å²) in [5, 5.41) is 10.9. The maximum Gasteiger partial charge on any atom is 0.244 e. The molecule has 8 nitrogen and oxygen atoms in total. The molecule has 1 unspecified atom stereocenters. The van der Waals surface area contributed by atoms with Gasteiger partial charge in [-0.05, 0) is 6.42 Å². The number of nitrogens with zero attached hydrogens (tertiary/aromatic N) is 4. The minimum absolute atomic E-state index is 0.123. The monoisotopic (exact) mass is 299 g/mol. The lowest BCUT2D eigenvalue weighted by molar-refractivity contribution is 0.122. The molecule has 1 aromatic heterocycles. The minimum atomic E-state index is -2.91. The Balaban J connectivity index is 1.68. The Bertz CT molecular complexity index is 573. The van der Waals surface area contributed by atoms with E-state index in [1.54, 1.807) is 6.20 Å². The average Bonchev–Trinajstić information content (AvgIpc) is 2.79. The lowest BCUT2D eigenvalue weighted by Gasteiger charge is -2.27. The number of hydrogen-bond acceptors (Lipinski definition) is 8. The van der Waals surface area contributed by atoms with Gasteiger partial charge >= 0.3 is 0 Å². The lowest BCUT2D eigenvalue weighted by atomic mass is 10.3. The largest absolute Gasteiger partial charge is 0.378 e. The fraction of sp³-hybridized carbons (Fsp3) is 0.727. The van der Waals surface area contributed by atoms with E-state index < -0.39 is 9.84 Å². The normalized spacial score (nSPS) is 25.6. The van der Waals surface area contributed by atoms with Crippen molar-refractivity contribution < 1.29 is 13.2 Å². The maximum absolute atomic E-state index is 11.4. The molecule has 0 saturated carbocycles. The highest BCUT2D eigenvalue weighted by Gasteiger charge is 2.28. The van der Waals surface area contributed by atoms with E-state index in [1.807, 2.05) is 0 Å². The van der Waals surface area contributed by atoms with Crippen LogP contribution in [0.5, 0.6) is 0 Å². The summed E-state index contributed by atoms with van der Waals surface area (Å²) in [5.74, 6) is 1.49. The van der Waals surface area contributed by atoms with E-state index >= 15 is 0 Å². The molecule has 9 heteroatoms. The van der Waals surface area contributed by atoms with Crippen LogP contribution in [0, 0.1) is 0 Å². The second-order valence-corrected chi connectivity index (χ2v) is 7.21. The zero-order chi connectivity index (χ0) is 14.0. The van der Waals surface area contributed by atoms with Crippen LogP contribution in [0.2, 0.25) is 0 Å². The summed E-state index contributed by atoms with van der Waals surface area (Å²) in [6.07, 6.45) is 2.20.